The van der Waals surface area contributed by atoms with Crippen LogP contribution in [0.4, 0.5) is 0 Å². The highest BCUT2D eigenvalue weighted by Crippen LogP contribution is 2.43. The maximum absolute atomic E-state index is 13.0. The Hall–Kier alpha value is -5.25. The average Bonchev–Trinajstić information content (AvgIpc) is 3.79. The van der Waals surface area contributed by atoms with Gasteiger partial charge in [-0.3, -0.25) is 24.0 Å². The van der Waals surface area contributed by atoms with Crippen molar-refractivity contribution in [1.82, 2.24) is 0 Å². The van der Waals surface area contributed by atoms with Crippen molar-refractivity contribution >= 4 is 29.8 Å². The summed E-state index contributed by atoms with van der Waals surface area (Å²) in [7, 11) is 0. The lowest BCUT2D eigenvalue weighted by Gasteiger charge is -2.44. The van der Waals surface area contributed by atoms with Crippen LogP contribution in [0, 0.1) is 11.8 Å². The zero-order valence-corrected chi connectivity index (χ0v) is 27.7. The molecular weight excluding hydrogens is 664 g/mol. The SMILES string of the molecule is CC(=O)OC[C@H]1O[C@@H](Oc2cc3c(cc2C[C@H]2COC(=O)[C@@H]2Cc2ccc4c(c2)OCO4)OCO3)[C@H](OC(C)=O)[C@@H](OC(C)=O)[C@@H]1OC(C)=O. The standard InChI is InChI=1S/C34H36O16/c1-16(35)40-13-29-30(46-17(2)36)31(47-18(3)37)32(48-19(4)38)34(50-29)49-25-11-28-27(44-15-45-28)10-21(25)9-22-12-41-33(39)23(22)7-20-5-6-24-26(8-20)43-14-42-24/h5-6,8,10-11,22-23,29-32,34H,7,9,12-15H2,1-4H3/t22-,23+,29+,30+,31-,32+,34+/m0/s1. The van der Waals surface area contributed by atoms with Gasteiger partial charge >= 0.3 is 29.8 Å². The molecule has 0 spiro atoms. The van der Waals surface area contributed by atoms with E-state index < -0.39 is 67.1 Å². The molecule has 4 aliphatic heterocycles. The van der Waals surface area contributed by atoms with Crippen molar-refractivity contribution in [3.63, 3.8) is 0 Å². The van der Waals surface area contributed by atoms with Gasteiger partial charge in [0.1, 0.15) is 18.5 Å². The van der Waals surface area contributed by atoms with Crippen LogP contribution in [-0.2, 0) is 65.2 Å². The van der Waals surface area contributed by atoms with Gasteiger partial charge in [-0.25, -0.2) is 0 Å². The first-order valence-corrected chi connectivity index (χ1v) is 15.9. The Balaban J connectivity index is 1.31. The number of rotatable bonds is 11. The maximum atomic E-state index is 13.0. The molecule has 268 valence electrons. The number of carbonyl (C=O) groups is 5. The fourth-order valence-corrected chi connectivity index (χ4v) is 6.30. The summed E-state index contributed by atoms with van der Waals surface area (Å²) >= 11 is 0. The number of ether oxygens (including phenoxy) is 11. The van der Waals surface area contributed by atoms with Crippen LogP contribution in [0.25, 0.3) is 0 Å². The number of cyclic esters (lactones) is 1. The predicted molar refractivity (Wildman–Crippen MR) is 163 cm³/mol. The molecule has 0 saturated carbocycles. The first-order valence-electron chi connectivity index (χ1n) is 15.9. The summed E-state index contributed by atoms with van der Waals surface area (Å²) in [6, 6.07) is 8.78. The molecule has 0 amide bonds. The molecule has 0 bridgehead atoms. The molecule has 0 aromatic heterocycles. The van der Waals surface area contributed by atoms with Crippen LogP contribution in [0.3, 0.4) is 0 Å². The molecule has 16 heteroatoms. The van der Waals surface area contributed by atoms with E-state index in [-0.39, 0.29) is 44.3 Å². The summed E-state index contributed by atoms with van der Waals surface area (Å²) in [5.74, 6) is -1.91. The summed E-state index contributed by atoms with van der Waals surface area (Å²) < 4.78 is 62.0. The molecule has 7 atom stereocenters. The van der Waals surface area contributed by atoms with Crippen LogP contribution in [0.1, 0.15) is 38.8 Å². The molecule has 2 fully saturated rings. The first-order chi connectivity index (χ1) is 23.9. The second-order valence-electron chi connectivity index (χ2n) is 12.1. The third kappa shape index (κ3) is 7.80. The molecule has 2 aromatic rings. The fraction of sp³-hybridized carbons (Fsp3) is 0.500. The van der Waals surface area contributed by atoms with E-state index in [4.69, 9.17) is 52.1 Å². The highest BCUT2D eigenvalue weighted by atomic mass is 16.7. The second kappa shape index (κ2) is 14.7. The van der Waals surface area contributed by atoms with Gasteiger partial charge in [-0.05, 0) is 42.2 Å². The molecule has 50 heavy (non-hydrogen) atoms. The van der Waals surface area contributed by atoms with Crippen molar-refractivity contribution in [2.75, 3.05) is 26.8 Å². The Morgan fingerprint density at radius 1 is 0.700 bits per heavy atom. The van der Waals surface area contributed by atoms with Crippen molar-refractivity contribution < 1.29 is 76.1 Å². The number of hydrogen-bond donors (Lipinski definition) is 0. The topological polar surface area (TPSA) is 187 Å². The van der Waals surface area contributed by atoms with E-state index in [2.05, 4.69) is 0 Å². The molecule has 2 aromatic carbocycles. The fourth-order valence-electron chi connectivity index (χ4n) is 6.30. The highest BCUT2D eigenvalue weighted by Gasteiger charge is 2.53. The molecular formula is C34H36O16. The molecule has 0 unspecified atom stereocenters. The van der Waals surface area contributed by atoms with Gasteiger partial charge in [-0.15, -0.1) is 0 Å². The smallest absolute Gasteiger partial charge is 0.309 e. The maximum Gasteiger partial charge on any atom is 0.309 e. The predicted octanol–water partition coefficient (Wildman–Crippen LogP) is 2.18. The van der Waals surface area contributed by atoms with E-state index in [0.29, 0.717) is 35.0 Å². The van der Waals surface area contributed by atoms with Crippen molar-refractivity contribution in [2.24, 2.45) is 11.8 Å². The van der Waals surface area contributed by atoms with Crippen molar-refractivity contribution in [2.45, 2.75) is 71.2 Å². The van der Waals surface area contributed by atoms with Crippen molar-refractivity contribution in [3.8, 4) is 28.7 Å². The van der Waals surface area contributed by atoms with Gasteiger partial charge < -0.3 is 52.1 Å². The van der Waals surface area contributed by atoms with Gasteiger partial charge in [0, 0.05) is 39.7 Å². The van der Waals surface area contributed by atoms with Gasteiger partial charge in [0.05, 0.1) is 12.5 Å². The Labute approximate surface area is 286 Å². The van der Waals surface area contributed by atoms with Crippen LogP contribution in [0.5, 0.6) is 28.7 Å². The van der Waals surface area contributed by atoms with Gasteiger partial charge in [0.15, 0.2) is 35.2 Å². The minimum absolute atomic E-state index is 0.0466. The Kier molecular flexibility index (Phi) is 10.2. The summed E-state index contributed by atoms with van der Waals surface area (Å²) in [6.07, 6.45) is -6.28. The highest BCUT2D eigenvalue weighted by molar-refractivity contribution is 5.75. The van der Waals surface area contributed by atoms with Crippen LogP contribution in [0.15, 0.2) is 30.3 Å². The first kappa shape index (κ1) is 34.6. The average molecular weight is 701 g/mol. The van der Waals surface area contributed by atoms with E-state index >= 15 is 0 Å². The number of fused-ring (bicyclic) bond motifs is 2. The van der Waals surface area contributed by atoms with E-state index in [1.807, 2.05) is 12.1 Å². The molecule has 16 nitrogen and oxygen atoms in total. The third-order valence-corrected chi connectivity index (χ3v) is 8.43. The van der Waals surface area contributed by atoms with Crippen LogP contribution >= 0.6 is 0 Å². The molecule has 6 rings (SSSR count). The lowest BCUT2D eigenvalue weighted by molar-refractivity contribution is -0.288. The molecule has 4 heterocycles. The number of benzene rings is 2. The van der Waals surface area contributed by atoms with Gasteiger partial charge in [-0.1, -0.05) is 6.07 Å². The monoisotopic (exact) mass is 700 g/mol. The summed E-state index contributed by atoms with van der Waals surface area (Å²) in [6.45, 7) is 4.37. The van der Waals surface area contributed by atoms with Crippen LogP contribution < -0.4 is 23.7 Å². The summed E-state index contributed by atoms with van der Waals surface area (Å²) in [5, 5.41) is 0. The summed E-state index contributed by atoms with van der Waals surface area (Å²) in [4.78, 5) is 61.5. The van der Waals surface area contributed by atoms with Gasteiger partial charge in [0.25, 0.3) is 0 Å². The molecule has 0 radical (unpaired) electrons. The molecule has 2 saturated heterocycles. The zero-order chi connectivity index (χ0) is 35.5. The quantitative estimate of drug-likeness (QED) is 0.245. The number of carbonyl (C=O) groups excluding carboxylic acids is 5. The van der Waals surface area contributed by atoms with Crippen LogP contribution in [-0.4, -0.2) is 87.4 Å². The molecule has 4 aliphatic rings. The Morgan fingerprint density at radius 2 is 1.32 bits per heavy atom. The Morgan fingerprint density at radius 3 is 2.00 bits per heavy atom. The van der Waals surface area contributed by atoms with Crippen molar-refractivity contribution in [3.05, 3.63) is 41.5 Å². The third-order valence-electron chi connectivity index (χ3n) is 8.43. The van der Waals surface area contributed by atoms with E-state index in [1.54, 1.807) is 18.2 Å². The minimum atomic E-state index is -1.49. The second-order valence-corrected chi connectivity index (χ2v) is 12.1. The lowest BCUT2D eigenvalue weighted by atomic mass is 9.84. The van der Waals surface area contributed by atoms with E-state index in [0.717, 1.165) is 26.3 Å². The largest absolute Gasteiger partial charge is 0.465 e. The lowest BCUT2D eigenvalue weighted by Crippen LogP contribution is -2.63. The van der Waals surface area contributed by atoms with Crippen LogP contribution in [0.2, 0.25) is 0 Å². The van der Waals surface area contributed by atoms with Gasteiger partial charge in [0.2, 0.25) is 26.0 Å². The zero-order valence-electron chi connectivity index (χ0n) is 27.7. The minimum Gasteiger partial charge on any atom is -0.465 e. The molecule has 0 N–H and O–H groups in total. The number of hydrogen-bond acceptors (Lipinski definition) is 16. The Bertz CT molecular complexity index is 1650. The van der Waals surface area contributed by atoms with Crippen molar-refractivity contribution in [1.29, 1.82) is 0 Å². The molecule has 0 aliphatic carbocycles. The van der Waals surface area contributed by atoms with E-state index in [9.17, 15) is 24.0 Å². The summed E-state index contributed by atoms with van der Waals surface area (Å²) in [5.41, 5.74) is 1.43. The number of esters is 5. The normalized spacial score (nSPS) is 26.1. The van der Waals surface area contributed by atoms with E-state index in [1.165, 1.54) is 6.92 Å². The van der Waals surface area contributed by atoms with Gasteiger partial charge in [-0.2, -0.15) is 0 Å².